The van der Waals surface area contributed by atoms with Gasteiger partial charge in [-0.3, -0.25) is 9.78 Å². The molecular formula is C26H28FN7O2. The van der Waals surface area contributed by atoms with Gasteiger partial charge in [0.2, 0.25) is 0 Å². The molecule has 4 rings (SSSR count). The summed E-state index contributed by atoms with van der Waals surface area (Å²) in [6.07, 6.45) is 6.30. The van der Waals surface area contributed by atoms with E-state index in [1.54, 1.807) is 24.5 Å². The second-order valence-corrected chi connectivity index (χ2v) is 9.34. The van der Waals surface area contributed by atoms with Gasteiger partial charge in [-0.2, -0.15) is 0 Å². The molecular weight excluding hydrogens is 461 g/mol. The molecule has 0 unspecified atom stereocenters. The number of benzene rings is 1. The number of halogens is 1. The van der Waals surface area contributed by atoms with Crippen LogP contribution in [-0.2, 0) is 0 Å². The minimum Gasteiger partial charge on any atom is -0.458 e. The van der Waals surface area contributed by atoms with Gasteiger partial charge in [-0.05, 0) is 38.5 Å². The smallest absolute Gasteiger partial charge is 0.316 e. The zero-order valence-electron chi connectivity index (χ0n) is 20.8. The Bertz CT molecular complexity index is 1390. The Balaban J connectivity index is 1.52. The highest BCUT2D eigenvalue weighted by molar-refractivity contribution is 6.06. The minimum atomic E-state index is -0.484. The average molecular weight is 490 g/mol. The summed E-state index contributed by atoms with van der Waals surface area (Å²) in [5.74, 6) is -0.287. The van der Waals surface area contributed by atoms with Crippen LogP contribution in [-0.4, -0.2) is 50.0 Å². The van der Waals surface area contributed by atoms with Crippen molar-refractivity contribution < 1.29 is 13.9 Å². The maximum atomic E-state index is 14.7. The molecule has 0 fully saturated rings. The van der Waals surface area contributed by atoms with Crippen LogP contribution in [0.1, 0.15) is 49.5 Å². The number of aromatic nitrogens is 5. The van der Waals surface area contributed by atoms with E-state index in [9.17, 15) is 9.18 Å². The molecule has 36 heavy (non-hydrogen) atoms. The average Bonchev–Trinajstić information content (AvgIpc) is 2.86. The Morgan fingerprint density at radius 2 is 1.83 bits per heavy atom. The molecule has 2 N–H and O–H groups in total. The number of fused-ring (bicyclic) bond motifs is 1. The monoisotopic (exact) mass is 489 g/mol. The molecule has 0 radical (unpaired) electrons. The lowest BCUT2D eigenvalue weighted by atomic mass is 9.95. The van der Waals surface area contributed by atoms with Gasteiger partial charge in [-0.25, -0.2) is 24.3 Å². The summed E-state index contributed by atoms with van der Waals surface area (Å²) >= 11 is 0. The van der Waals surface area contributed by atoms with Crippen LogP contribution >= 0.6 is 0 Å². The van der Waals surface area contributed by atoms with E-state index in [1.807, 2.05) is 27.7 Å². The van der Waals surface area contributed by atoms with Crippen molar-refractivity contribution in [2.75, 3.05) is 18.9 Å². The lowest BCUT2D eigenvalue weighted by molar-refractivity contribution is 0.0964. The zero-order valence-corrected chi connectivity index (χ0v) is 20.8. The highest BCUT2D eigenvalue weighted by Gasteiger charge is 2.19. The number of hydrogen-bond acceptors (Lipinski definition) is 8. The number of rotatable bonds is 7. The molecule has 1 atom stereocenters. The van der Waals surface area contributed by atoms with E-state index in [-0.39, 0.29) is 28.4 Å². The normalized spacial score (nSPS) is 12.3. The van der Waals surface area contributed by atoms with Gasteiger partial charge in [0.15, 0.2) is 0 Å². The van der Waals surface area contributed by atoms with Crippen LogP contribution in [0.5, 0.6) is 6.01 Å². The third kappa shape index (κ3) is 5.54. The number of ether oxygens (including phenoxy) is 1. The van der Waals surface area contributed by atoms with Crippen molar-refractivity contribution in [2.24, 2.45) is 0 Å². The summed E-state index contributed by atoms with van der Waals surface area (Å²) in [6, 6.07) is 6.70. The van der Waals surface area contributed by atoms with E-state index >= 15 is 0 Å². The number of carbonyl (C=O) groups is 1. The largest absolute Gasteiger partial charge is 0.458 e. The minimum absolute atomic E-state index is 0.0592. The van der Waals surface area contributed by atoms with Gasteiger partial charge >= 0.3 is 6.01 Å². The first-order chi connectivity index (χ1) is 17.2. The standard InChI is InChI=1S/C26H28FN7O2/c1-15(17-6-7-19(27)22-18(24(35)28-5)8-9-29-23(17)22)11-30-21-10-20(33-14-34-21)16-12-31-25(32-13-16)36-26(2,3)4/h6-10,12-15H,11H2,1-5H3,(H,28,35)(H,30,33,34)/t15-/m1/s1. The molecule has 3 aromatic heterocycles. The third-order valence-corrected chi connectivity index (χ3v) is 5.45. The Morgan fingerprint density at radius 3 is 2.53 bits per heavy atom. The Labute approximate surface area is 208 Å². The van der Waals surface area contributed by atoms with Gasteiger partial charge < -0.3 is 15.4 Å². The van der Waals surface area contributed by atoms with Crippen LogP contribution in [0.25, 0.3) is 22.2 Å². The summed E-state index contributed by atoms with van der Waals surface area (Å²) in [7, 11) is 1.51. The van der Waals surface area contributed by atoms with Crippen molar-refractivity contribution in [3.8, 4) is 17.3 Å². The molecule has 10 heteroatoms. The zero-order chi connectivity index (χ0) is 25.9. The second kappa shape index (κ2) is 10.2. The lowest BCUT2D eigenvalue weighted by Crippen LogP contribution is -2.24. The second-order valence-electron chi connectivity index (χ2n) is 9.34. The van der Waals surface area contributed by atoms with Crippen LogP contribution in [0.2, 0.25) is 0 Å². The van der Waals surface area contributed by atoms with Crippen molar-refractivity contribution in [1.82, 2.24) is 30.2 Å². The molecule has 0 bridgehead atoms. The molecule has 3 heterocycles. The third-order valence-electron chi connectivity index (χ3n) is 5.45. The van der Waals surface area contributed by atoms with Gasteiger partial charge in [-0.15, -0.1) is 0 Å². The summed E-state index contributed by atoms with van der Waals surface area (Å²) in [4.78, 5) is 33.8. The van der Waals surface area contributed by atoms with Crippen LogP contribution in [0.4, 0.5) is 10.2 Å². The number of hydrogen-bond donors (Lipinski definition) is 2. The highest BCUT2D eigenvalue weighted by Crippen LogP contribution is 2.29. The number of carbonyl (C=O) groups excluding carboxylic acids is 1. The Kier molecular flexibility index (Phi) is 7.05. The molecule has 186 valence electrons. The summed E-state index contributed by atoms with van der Waals surface area (Å²) in [5.41, 5.74) is 2.53. The van der Waals surface area contributed by atoms with Gasteiger partial charge in [0.25, 0.3) is 5.91 Å². The fourth-order valence-corrected chi connectivity index (χ4v) is 3.72. The highest BCUT2D eigenvalue weighted by atomic mass is 19.1. The van der Waals surface area contributed by atoms with Crippen molar-refractivity contribution >= 4 is 22.6 Å². The van der Waals surface area contributed by atoms with Crippen LogP contribution in [0.3, 0.4) is 0 Å². The van der Waals surface area contributed by atoms with Gasteiger partial charge in [0.05, 0.1) is 16.8 Å². The predicted octanol–water partition coefficient (Wildman–Crippen LogP) is 4.37. The molecule has 0 aliphatic carbocycles. The van der Waals surface area contributed by atoms with Crippen molar-refractivity contribution in [3.63, 3.8) is 0 Å². The summed E-state index contributed by atoms with van der Waals surface area (Å²) in [5, 5.41) is 6.07. The first-order valence-corrected chi connectivity index (χ1v) is 11.5. The van der Waals surface area contributed by atoms with Crippen LogP contribution < -0.4 is 15.4 Å². The van der Waals surface area contributed by atoms with E-state index in [4.69, 9.17) is 4.74 Å². The van der Waals surface area contributed by atoms with Crippen molar-refractivity contribution in [3.05, 3.63) is 66.1 Å². The molecule has 1 aromatic carbocycles. The molecule has 0 spiro atoms. The number of amides is 1. The summed E-state index contributed by atoms with van der Waals surface area (Å²) in [6.45, 7) is 8.29. The van der Waals surface area contributed by atoms with E-state index in [2.05, 4.69) is 35.6 Å². The van der Waals surface area contributed by atoms with Crippen molar-refractivity contribution in [2.45, 2.75) is 39.2 Å². The summed E-state index contributed by atoms with van der Waals surface area (Å²) < 4.78 is 20.3. The number of nitrogens with zero attached hydrogens (tertiary/aromatic N) is 5. The first kappa shape index (κ1) is 24.9. The van der Waals surface area contributed by atoms with Gasteiger partial charge in [0, 0.05) is 55.1 Å². The SMILES string of the molecule is CNC(=O)c1ccnc2c([C@H](C)CNc3cc(-c4cnc(OC(C)(C)C)nc4)ncn3)ccc(F)c12. The fraction of sp³-hybridized carbons (Fsp3) is 0.308. The van der Waals surface area contributed by atoms with Crippen LogP contribution in [0, 0.1) is 5.82 Å². The van der Waals surface area contributed by atoms with Crippen molar-refractivity contribution in [1.29, 1.82) is 0 Å². The number of anilines is 1. The maximum Gasteiger partial charge on any atom is 0.316 e. The first-order valence-electron chi connectivity index (χ1n) is 11.5. The Hall–Kier alpha value is -4.21. The van der Waals surface area contributed by atoms with E-state index < -0.39 is 5.82 Å². The quantitative estimate of drug-likeness (QED) is 0.393. The maximum absolute atomic E-state index is 14.7. The molecule has 1 amide bonds. The number of pyridine rings is 1. The number of nitrogens with one attached hydrogen (secondary N) is 2. The molecule has 0 aliphatic rings. The molecule has 9 nitrogen and oxygen atoms in total. The topological polar surface area (TPSA) is 115 Å². The molecule has 0 aliphatic heterocycles. The predicted molar refractivity (Wildman–Crippen MR) is 135 cm³/mol. The van der Waals surface area contributed by atoms with E-state index in [1.165, 1.54) is 31.7 Å². The van der Waals surface area contributed by atoms with E-state index in [0.717, 1.165) is 11.1 Å². The van der Waals surface area contributed by atoms with Gasteiger partial charge in [-0.1, -0.05) is 13.0 Å². The lowest BCUT2D eigenvalue weighted by Gasteiger charge is -2.19. The fourth-order valence-electron chi connectivity index (χ4n) is 3.72. The molecule has 0 saturated heterocycles. The molecule has 0 saturated carbocycles. The van der Waals surface area contributed by atoms with Crippen LogP contribution in [0.15, 0.2) is 49.2 Å². The van der Waals surface area contributed by atoms with Gasteiger partial charge in [0.1, 0.15) is 23.6 Å². The van der Waals surface area contributed by atoms with E-state index in [0.29, 0.717) is 29.6 Å². The molecule has 4 aromatic rings. The Morgan fingerprint density at radius 1 is 1.08 bits per heavy atom.